The van der Waals surface area contributed by atoms with Crippen LogP contribution in [0.1, 0.15) is 63.0 Å². The standard InChI is InChI=1S/C31H34N4O3/c1-19-9-10-21(18-32-19)20-13-14-34(28(36)15-20)22-11-12-24-26(16-22)33(5)27-17-23-7-6-8-25(29(24)27)35(23)30(37)38-31(2,3)4/h9-16,18,23,25H,6-8,17H2,1-5H3. The van der Waals surface area contributed by atoms with E-state index in [1.807, 2.05) is 63.1 Å². The number of pyridine rings is 2. The molecule has 2 aliphatic heterocycles. The molecule has 5 heterocycles. The molecule has 7 heteroatoms. The van der Waals surface area contributed by atoms with Crippen LogP contribution >= 0.6 is 0 Å². The van der Waals surface area contributed by atoms with Crippen LogP contribution in [0.4, 0.5) is 4.79 Å². The Kier molecular flexibility index (Phi) is 5.70. The van der Waals surface area contributed by atoms with Crippen molar-refractivity contribution < 1.29 is 9.53 Å². The summed E-state index contributed by atoms with van der Waals surface area (Å²) in [5, 5.41) is 1.14. The molecular formula is C31H34N4O3. The van der Waals surface area contributed by atoms with E-state index >= 15 is 0 Å². The van der Waals surface area contributed by atoms with E-state index in [1.54, 1.807) is 16.8 Å². The Balaban J connectivity index is 1.39. The third kappa shape index (κ3) is 4.10. The number of rotatable bonds is 2. The van der Waals surface area contributed by atoms with Gasteiger partial charge < -0.3 is 9.30 Å². The highest BCUT2D eigenvalue weighted by atomic mass is 16.6. The van der Waals surface area contributed by atoms with Gasteiger partial charge in [0.25, 0.3) is 5.56 Å². The van der Waals surface area contributed by atoms with Gasteiger partial charge in [-0.1, -0.05) is 12.1 Å². The van der Waals surface area contributed by atoms with Gasteiger partial charge in [0.2, 0.25) is 0 Å². The van der Waals surface area contributed by atoms with Crippen molar-refractivity contribution in [3.05, 3.63) is 82.2 Å². The van der Waals surface area contributed by atoms with Crippen LogP contribution in [0.5, 0.6) is 0 Å². The molecule has 2 unspecified atom stereocenters. The molecule has 3 aromatic heterocycles. The van der Waals surface area contributed by atoms with Gasteiger partial charge in [-0.05, 0) is 76.8 Å². The van der Waals surface area contributed by atoms with Crippen molar-refractivity contribution in [1.82, 2.24) is 19.0 Å². The van der Waals surface area contributed by atoms with Crippen LogP contribution in [0.15, 0.2) is 59.7 Å². The van der Waals surface area contributed by atoms with E-state index in [2.05, 4.69) is 28.7 Å². The smallest absolute Gasteiger partial charge is 0.411 e. The first-order valence-corrected chi connectivity index (χ1v) is 13.4. The van der Waals surface area contributed by atoms with Gasteiger partial charge in [0, 0.05) is 65.9 Å². The summed E-state index contributed by atoms with van der Waals surface area (Å²) in [5.74, 6) is 0. The van der Waals surface area contributed by atoms with E-state index in [0.29, 0.717) is 0 Å². The monoisotopic (exact) mass is 510 g/mol. The number of ether oxygens (including phenoxy) is 1. The van der Waals surface area contributed by atoms with Crippen LogP contribution < -0.4 is 5.56 Å². The molecule has 38 heavy (non-hydrogen) atoms. The van der Waals surface area contributed by atoms with Crippen molar-refractivity contribution >= 4 is 17.0 Å². The average molecular weight is 511 g/mol. The van der Waals surface area contributed by atoms with Crippen molar-refractivity contribution in [3.63, 3.8) is 0 Å². The summed E-state index contributed by atoms with van der Waals surface area (Å²) in [5.41, 5.74) is 6.50. The number of benzene rings is 1. The zero-order valence-electron chi connectivity index (χ0n) is 22.7. The molecule has 0 N–H and O–H groups in total. The lowest BCUT2D eigenvalue weighted by Crippen LogP contribution is -2.51. The van der Waals surface area contributed by atoms with Crippen molar-refractivity contribution in [2.24, 2.45) is 7.05 Å². The number of hydrogen-bond donors (Lipinski definition) is 0. The third-order valence-electron chi connectivity index (χ3n) is 7.90. The summed E-state index contributed by atoms with van der Waals surface area (Å²) in [4.78, 5) is 32.8. The molecule has 2 aliphatic rings. The fourth-order valence-electron chi connectivity index (χ4n) is 6.16. The van der Waals surface area contributed by atoms with Crippen molar-refractivity contribution in [2.45, 2.75) is 71.1 Å². The summed E-state index contributed by atoms with van der Waals surface area (Å²) >= 11 is 0. The van der Waals surface area contributed by atoms with E-state index in [0.717, 1.165) is 59.1 Å². The number of carbonyl (C=O) groups is 1. The lowest BCUT2D eigenvalue weighted by atomic mass is 9.82. The van der Waals surface area contributed by atoms with Gasteiger partial charge in [-0.3, -0.25) is 19.2 Å². The predicted molar refractivity (Wildman–Crippen MR) is 149 cm³/mol. The zero-order valence-corrected chi connectivity index (χ0v) is 22.7. The lowest BCUT2D eigenvalue weighted by Gasteiger charge is -2.46. The normalized spacial score (nSPS) is 18.9. The molecule has 196 valence electrons. The van der Waals surface area contributed by atoms with Gasteiger partial charge in [-0.15, -0.1) is 0 Å². The topological polar surface area (TPSA) is 69.4 Å². The summed E-state index contributed by atoms with van der Waals surface area (Å²) in [6, 6.07) is 13.9. The van der Waals surface area contributed by atoms with Gasteiger partial charge in [0.1, 0.15) is 5.60 Å². The van der Waals surface area contributed by atoms with E-state index in [-0.39, 0.29) is 23.7 Å². The van der Waals surface area contributed by atoms with E-state index in [1.165, 1.54) is 11.3 Å². The second-order valence-electron chi connectivity index (χ2n) is 11.6. The Morgan fingerprint density at radius 2 is 1.87 bits per heavy atom. The maximum Gasteiger partial charge on any atom is 0.411 e. The first kappa shape index (κ1) is 24.5. The van der Waals surface area contributed by atoms with Crippen LogP contribution in [0, 0.1) is 6.92 Å². The van der Waals surface area contributed by atoms with Gasteiger partial charge in [-0.2, -0.15) is 0 Å². The molecule has 0 aliphatic carbocycles. The molecule has 1 aromatic carbocycles. The van der Waals surface area contributed by atoms with Crippen molar-refractivity contribution in [3.8, 4) is 16.8 Å². The zero-order chi connectivity index (χ0) is 26.8. The Hall–Kier alpha value is -3.87. The number of aryl methyl sites for hydroxylation is 2. The Morgan fingerprint density at radius 1 is 1.05 bits per heavy atom. The molecule has 0 saturated carbocycles. The summed E-state index contributed by atoms with van der Waals surface area (Å²) < 4.78 is 9.76. The van der Waals surface area contributed by atoms with Crippen LogP contribution in [-0.4, -0.2) is 36.8 Å². The van der Waals surface area contributed by atoms with E-state index in [4.69, 9.17) is 4.74 Å². The largest absolute Gasteiger partial charge is 0.444 e. The summed E-state index contributed by atoms with van der Waals surface area (Å²) in [6.45, 7) is 7.70. The SMILES string of the molecule is Cc1ccc(-c2ccn(-c3ccc4c5c(n(C)c4c3)CC3CCCC5N3C(=O)OC(C)(C)C)c(=O)c2)cn1. The van der Waals surface area contributed by atoms with Gasteiger partial charge >= 0.3 is 6.09 Å². The molecule has 7 nitrogen and oxygen atoms in total. The fraction of sp³-hybridized carbons (Fsp3) is 0.387. The number of piperidine rings is 1. The minimum atomic E-state index is -0.530. The molecule has 0 spiro atoms. The number of hydrogen-bond acceptors (Lipinski definition) is 4. The lowest BCUT2D eigenvalue weighted by molar-refractivity contribution is -0.00973. The highest BCUT2D eigenvalue weighted by Crippen LogP contribution is 2.46. The van der Waals surface area contributed by atoms with Crippen LogP contribution in [0.2, 0.25) is 0 Å². The first-order valence-electron chi connectivity index (χ1n) is 13.4. The van der Waals surface area contributed by atoms with Crippen molar-refractivity contribution in [1.29, 1.82) is 0 Å². The Labute approximate surface area is 222 Å². The number of carbonyl (C=O) groups excluding carboxylic acids is 1. The predicted octanol–water partition coefficient (Wildman–Crippen LogP) is 6.09. The van der Waals surface area contributed by atoms with Gasteiger partial charge in [0.05, 0.1) is 17.2 Å². The molecular weight excluding hydrogens is 476 g/mol. The molecule has 0 radical (unpaired) electrons. The maximum atomic E-state index is 13.3. The molecule has 6 rings (SSSR count). The third-order valence-corrected chi connectivity index (χ3v) is 7.90. The molecule has 2 atom stereocenters. The molecule has 1 fully saturated rings. The maximum absolute atomic E-state index is 13.3. The average Bonchev–Trinajstić information content (AvgIpc) is 3.14. The molecule has 1 saturated heterocycles. The summed E-state index contributed by atoms with van der Waals surface area (Å²) in [6.07, 6.45) is 7.23. The number of aromatic nitrogens is 3. The minimum Gasteiger partial charge on any atom is -0.444 e. The van der Waals surface area contributed by atoms with E-state index in [9.17, 15) is 9.59 Å². The molecule has 4 aromatic rings. The fourth-order valence-corrected chi connectivity index (χ4v) is 6.16. The van der Waals surface area contributed by atoms with Gasteiger partial charge in [-0.25, -0.2) is 4.79 Å². The molecule has 2 bridgehead atoms. The minimum absolute atomic E-state index is 0.00650. The van der Waals surface area contributed by atoms with Crippen molar-refractivity contribution in [2.75, 3.05) is 0 Å². The highest BCUT2D eigenvalue weighted by molar-refractivity contribution is 5.89. The number of fused-ring (bicyclic) bond motifs is 6. The van der Waals surface area contributed by atoms with Crippen LogP contribution in [-0.2, 0) is 18.2 Å². The Bertz CT molecular complexity index is 1610. The van der Waals surface area contributed by atoms with Crippen LogP contribution in [0.3, 0.4) is 0 Å². The Morgan fingerprint density at radius 3 is 2.58 bits per heavy atom. The second kappa shape index (κ2) is 8.86. The quantitative estimate of drug-likeness (QED) is 0.327. The van der Waals surface area contributed by atoms with E-state index < -0.39 is 5.60 Å². The number of nitrogens with zero attached hydrogens (tertiary/aromatic N) is 4. The first-order chi connectivity index (χ1) is 18.1. The van der Waals surface area contributed by atoms with Crippen LogP contribution in [0.25, 0.3) is 27.7 Å². The van der Waals surface area contributed by atoms with Gasteiger partial charge in [0.15, 0.2) is 0 Å². The second-order valence-corrected chi connectivity index (χ2v) is 11.6. The summed E-state index contributed by atoms with van der Waals surface area (Å²) in [7, 11) is 2.10. The highest BCUT2D eigenvalue weighted by Gasteiger charge is 2.44. The number of amides is 1. The molecule has 1 amide bonds.